The Morgan fingerprint density at radius 2 is 1.96 bits per heavy atom. The molecule has 0 radical (unpaired) electrons. The molecular weight excluding hydrogens is 346 g/mol. The van der Waals surface area contributed by atoms with Crippen LogP contribution in [0.2, 0.25) is 5.02 Å². The van der Waals surface area contributed by atoms with Crippen molar-refractivity contribution < 1.29 is 13.2 Å². The van der Waals surface area contributed by atoms with Crippen molar-refractivity contribution in [3.8, 4) is 0 Å². The Hall–Kier alpha value is -1.85. The maximum absolute atomic E-state index is 12.6. The third-order valence-corrected chi connectivity index (χ3v) is 5.85. The van der Waals surface area contributed by atoms with Crippen molar-refractivity contribution in [2.24, 2.45) is 0 Å². The summed E-state index contributed by atoms with van der Waals surface area (Å²) in [5.41, 5.74) is 2.68. The zero-order chi connectivity index (χ0) is 17.3. The van der Waals surface area contributed by atoms with Crippen molar-refractivity contribution in [3.63, 3.8) is 0 Å². The van der Waals surface area contributed by atoms with E-state index in [1.54, 1.807) is 6.07 Å². The summed E-state index contributed by atoms with van der Waals surface area (Å²) < 4.78 is 23.5. The van der Waals surface area contributed by atoms with E-state index in [-0.39, 0.29) is 21.9 Å². The van der Waals surface area contributed by atoms with E-state index in [1.807, 2.05) is 18.2 Å². The number of halogens is 1. The third kappa shape index (κ3) is 3.47. The fraction of sp³-hybridized carbons (Fsp3) is 0.278. The quantitative estimate of drug-likeness (QED) is 0.907. The smallest absolute Gasteiger partial charge is 0.251 e. The molecule has 0 bridgehead atoms. The molecule has 2 aromatic rings. The molecule has 6 heteroatoms. The molecule has 1 unspecified atom stereocenters. The molecule has 0 aromatic heterocycles. The summed E-state index contributed by atoms with van der Waals surface area (Å²) in [6.45, 7) is 0. The number of aryl methyl sites for hydroxylation is 1. The first-order chi connectivity index (χ1) is 11.4. The van der Waals surface area contributed by atoms with Gasteiger partial charge in [-0.3, -0.25) is 4.79 Å². The molecule has 1 amide bonds. The van der Waals surface area contributed by atoms with Crippen LogP contribution in [0.4, 0.5) is 0 Å². The molecule has 1 atom stereocenters. The number of amides is 1. The van der Waals surface area contributed by atoms with Gasteiger partial charge in [0.1, 0.15) is 0 Å². The van der Waals surface area contributed by atoms with E-state index in [4.69, 9.17) is 11.6 Å². The van der Waals surface area contributed by atoms with Crippen LogP contribution in [-0.2, 0) is 16.3 Å². The number of carbonyl (C=O) groups excluding carboxylic acids is 1. The lowest BCUT2D eigenvalue weighted by atomic mass is 9.87. The molecule has 0 saturated heterocycles. The Labute approximate surface area is 146 Å². The number of hydrogen-bond donors (Lipinski definition) is 1. The van der Waals surface area contributed by atoms with E-state index in [0.717, 1.165) is 31.1 Å². The predicted molar refractivity (Wildman–Crippen MR) is 94.1 cm³/mol. The van der Waals surface area contributed by atoms with Gasteiger partial charge in [-0.05, 0) is 48.6 Å². The van der Waals surface area contributed by atoms with E-state index < -0.39 is 9.84 Å². The summed E-state index contributed by atoms with van der Waals surface area (Å²) in [6, 6.07) is 12.3. The first-order valence-electron chi connectivity index (χ1n) is 7.74. The van der Waals surface area contributed by atoms with Crippen LogP contribution in [0.5, 0.6) is 0 Å². The van der Waals surface area contributed by atoms with Gasteiger partial charge in [0, 0.05) is 11.8 Å². The van der Waals surface area contributed by atoms with E-state index >= 15 is 0 Å². The number of carbonyl (C=O) groups is 1. The molecule has 1 aliphatic rings. The maximum Gasteiger partial charge on any atom is 0.251 e. The van der Waals surface area contributed by atoms with E-state index in [1.165, 1.54) is 17.7 Å². The van der Waals surface area contributed by atoms with Crippen LogP contribution in [0.15, 0.2) is 47.4 Å². The normalized spacial score (nSPS) is 17.2. The lowest BCUT2D eigenvalue weighted by Gasteiger charge is -2.26. The molecule has 4 nitrogen and oxygen atoms in total. The van der Waals surface area contributed by atoms with Gasteiger partial charge < -0.3 is 5.32 Å². The number of nitrogens with one attached hydrogen (secondary N) is 1. The van der Waals surface area contributed by atoms with Crippen molar-refractivity contribution in [3.05, 3.63) is 64.2 Å². The van der Waals surface area contributed by atoms with Crippen LogP contribution < -0.4 is 5.32 Å². The molecule has 0 fully saturated rings. The van der Waals surface area contributed by atoms with Crippen molar-refractivity contribution in [1.82, 2.24) is 5.32 Å². The van der Waals surface area contributed by atoms with Gasteiger partial charge in [-0.15, -0.1) is 0 Å². The van der Waals surface area contributed by atoms with Crippen LogP contribution in [-0.4, -0.2) is 20.6 Å². The predicted octanol–water partition coefficient (Wildman–Crippen LogP) is 3.55. The molecule has 1 aliphatic carbocycles. The van der Waals surface area contributed by atoms with Gasteiger partial charge in [-0.1, -0.05) is 35.9 Å². The van der Waals surface area contributed by atoms with Gasteiger partial charge in [0.2, 0.25) is 0 Å². The molecule has 0 spiro atoms. The highest BCUT2D eigenvalue weighted by atomic mass is 35.5. The molecule has 1 N–H and O–H groups in total. The molecule has 0 aliphatic heterocycles. The highest BCUT2D eigenvalue weighted by Gasteiger charge is 2.23. The minimum atomic E-state index is -3.48. The van der Waals surface area contributed by atoms with Crippen LogP contribution in [0.3, 0.4) is 0 Å². The van der Waals surface area contributed by atoms with Crippen LogP contribution in [0.25, 0.3) is 0 Å². The zero-order valence-electron chi connectivity index (χ0n) is 13.3. The SMILES string of the molecule is CS(=O)(=O)c1cc(C(=O)NC2CCCc3ccccc32)ccc1Cl. The van der Waals surface area contributed by atoms with Gasteiger partial charge in [-0.25, -0.2) is 8.42 Å². The van der Waals surface area contributed by atoms with Crippen LogP contribution in [0, 0.1) is 0 Å². The Bertz CT molecular complexity index is 893. The number of hydrogen-bond acceptors (Lipinski definition) is 3. The van der Waals surface area contributed by atoms with Crippen molar-refractivity contribution in [1.29, 1.82) is 0 Å². The third-order valence-electron chi connectivity index (χ3n) is 4.27. The summed E-state index contributed by atoms with van der Waals surface area (Å²) in [7, 11) is -3.48. The maximum atomic E-state index is 12.6. The molecule has 0 saturated carbocycles. The minimum Gasteiger partial charge on any atom is -0.345 e. The van der Waals surface area contributed by atoms with Gasteiger partial charge in [0.25, 0.3) is 5.91 Å². The number of rotatable bonds is 3. The van der Waals surface area contributed by atoms with Gasteiger partial charge in [0.05, 0.1) is 16.0 Å². The number of benzene rings is 2. The van der Waals surface area contributed by atoms with E-state index in [0.29, 0.717) is 5.56 Å². The molecule has 3 rings (SSSR count). The Morgan fingerprint density at radius 3 is 2.71 bits per heavy atom. The molecule has 2 aromatic carbocycles. The summed E-state index contributed by atoms with van der Waals surface area (Å²) in [6.07, 6.45) is 3.97. The topological polar surface area (TPSA) is 63.2 Å². The second-order valence-corrected chi connectivity index (χ2v) is 8.43. The highest BCUT2D eigenvalue weighted by Crippen LogP contribution is 2.30. The number of fused-ring (bicyclic) bond motifs is 1. The first kappa shape index (κ1) is 17.0. The Morgan fingerprint density at radius 1 is 1.21 bits per heavy atom. The number of sulfone groups is 1. The summed E-state index contributed by atoms with van der Waals surface area (Å²) in [4.78, 5) is 12.5. The van der Waals surface area contributed by atoms with E-state index in [2.05, 4.69) is 11.4 Å². The molecular formula is C18H18ClNO3S. The Balaban J connectivity index is 1.87. The average Bonchev–Trinajstić information content (AvgIpc) is 2.54. The van der Waals surface area contributed by atoms with Crippen LogP contribution >= 0.6 is 11.6 Å². The Kier molecular flexibility index (Phi) is 4.65. The highest BCUT2D eigenvalue weighted by molar-refractivity contribution is 7.90. The first-order valence-corrected chi connectivity index (χ1v) is 10.0. The van der Waals surface area contributed by atoms with Crippen molar-refractivity contribution >= 4 is 27.3 Å². The molecule has 24 heavy (non-hydrogen) atoms. The van der Waals surface area contributed by atoms with Gasteiger partial charge >= 0.3 is 0 Å². The monoisotopic (exact) mass is 363 g/mol. The van der Waals surface area contributed by atoms with Gasteiger partial charge in [0.15, 0.2) is 9.84 Å². The van der Waals surface area contributed by atoms with Crippen LogP contribution in [0.1, 0.15) is 40.4 Å². The fourth-order valence-electron chi connectivity index (χ4n) is 3.07. The summed E-state index contributed by atoms with van der Waals surface area (Å²) >= 11 is 5.93. The zero-order valence-corrected chi connectivity index (χ0v) is 14.8. The second-order valence-electron chi connectivity index (χ2n) is 6.03. The fourth-order valence-corrected chi connectivity index (χ4v) is 4.38. The second kappa shape index (κ2) is 6.57. The average molecular weight is 364 g/mol. The lowest BCUT2D eigenvalue weighted by molar-refractivity contribution is 0.0932. The lowest BCUT2D eigenvalue weighted by Crippen LogP contribution is -2.31. The van der Waals surface area contributed by atoms with Gasteiger partial charge in [-0.2, -0.15) is 0 Å². The molecule has 0 heterocycles. The summed E-state index contributed by atoms with van der Waals surface area (Å²) in [5, 5.41) is 3.13. The minimum absolute atomic E-state index is 0.0270. The van der Waals surface area contributed by atoms with Crippen molar-refractivity contribution in [2.75, 3.05) is 6.26 Å². The van der Waals surface area contributed by atoms with E-state index in [9.17, 15) is 13.2 Å². The standard InChI is InChI=1S/C18H18ClNO3S/c1-24(22,23)17-11-13(9-10-15(17)19)18(21)20-16-8-4-6-12-5-2-3-7-14(12)16/h2-3,5,7,9-11,16H,4,6,8H2,1H3,(H,20,21). The summed E-state index contributed by atoms with van der Waals surface area (Å²) in [5.74, 6) is -0.293. The van der Waals surface area contributed by atoms with Crippen molar-refractivity contribution in [2.45, 2.75) is 30.2 Å². The largest absolute Gasteiger partial charge is 0.345 e. The molecule has 126 valence electrons.